The lowest BCUT2D eigenvalue weighted by molar-refractivity contribution is 0.117. The van der Waals surface area contributed by atoms with Crippen molar-refractivity contribution in [3.63, 3.8) is 0 Å². The molecular weight excluding hydrogens is 252 g/mol. The van der Waals surface area contributed by atoms with Crippen LogP contribution in [-0.4, -0.2) is 62.3 Å². The van der Waals surface area contributed by atoms with Gasteiger partial charge < -0.3 is 15.4 Å². The third-order valence-corrected chi connectivity index (χ3v) is 3.98. The van der Waals surface area contributed by atoms with Gasteiger partial charge in [0.1, 0.15) is 0 Å². The number of ether oxygens (including phenoxy) is 1. The van der Waals surface area contributed by atoms with Crippen LogP contribution >= 0.6 is 0 Å². The first-order valence-electron chi connectivity index (χ1n) is 8.21. The van der Waals surface area contributed by atoms with Gasteiger partial charge in [-0.1, -0.05) is 6.92 Å². The quantitative estimate of drug-likeness (QED) is 0.519. The summed E-state index contributed by atoms with van der Waals surface area (Å²) in [6, 6.07) is 0.841. The Morgan fingerprint density at radius 3 is 2.70 bits per heavy atom. The molecule has 2 fully saturated rings. The second kappa shape index (κ2) is 8.47. The fourth-order valence-electron chi connectivity index (χ4n) is 2.68. The zero-order valence-corrected chi connectivity index (χ0v) is 13.0. The van der Waals surface area contributed by atoms with E-state index in [0.717, 1.165) is 57.8 Å². The average Bonchev–Trinajstić information content (AvgIpc) is 3.16. The molecular formula is C15H30N4O. The zero-order chi connectivity index (χ0) is 14.2. The summed E-state index contributed by atoms with van der Waals surface area (Å²) in [6.07, 6.45) is 5.40. The zero-order valence-electron chi connectivity index (χ0n) is 13.0. The lowest BCUT2D eigenvalue weighted by Crippen LogP contribution is -2.42. The minimum atomic E-state index is 0.323. The van der Waals surface area contributed by atoms with E-state index in [1.807, 2.05) is 0 Å². The number of rotatable bonds is 8. The first-order chi connectivity index (χ1) is 9.83. The molecule has 2 N–H and O–H groups in total. The molecule has 5 nitrogen and oxygen atoms in total. The Bertz CT molecular complexity index is 298. The third-order valence-electron chi connectivity index (χ3n) is 3.98. The molecule has 2 rings (SSSR count). The fourth-order valence-corrected chi connectivity index (χ4v) is 2.68. The molecule has 5 heteroatoms. The van der Waals surface area contributed by atoms with Gasteiger partial charge in [-0.25, -0.2) is 0 Å². The van der Waals surface area contributed by atoms with E-state index in [1.165, 1.54) is 19.3 Å². The lowest BCUT2D eigenvalue weighted by Gasteiger charge is -2.21. The topological polar surface area (TPSA) is 48.9 Å². The summed E-state index contributed by atoms with van der Waals surface area (Å²) in [6.45, 7) is 10.1. The minimum absolute atomic E-state index is 0.323. The molecule has 0 aromatic heterocycles. The van der Waals surface area contributed by atoms with Crippen molar-refractivity contribution in [2.75, 3.05) is 39.3 Å². The highest BCUT2D eigenvalue weighted by molar-refractivity contribution is 5.79. The standard InChI is InChI=1S/C15H30N4O/c1-3-16-15(18-12-14-6-5-11-20-14)17-9-10-19(4-2)13-7-8-13/h13-14H,3-12H2,1-2H3,(H2,16,17,18). The average molecular weight is 282 g/mol. The molecule has 1 aliphatic heterocycles. The smallest absolute Gasteiger partial charge is 0.191 e. The molecule has 0 aromatic carbocycles. The van der Waals surface area contributed by atoms with E-state index < -0.39 is 0 Å². The van der Waals surface area contributed by atoms with Crippen LogP contribution < -0.4 is 10.6 Å². The van der Waals surface area contributed by atoms with Crippen molar-refractivity contribution in [2.24, 2.45) is 4.99 Å². The monoisotopic (exact) mass is 282 g/mol. The SMILES string of the molecule is CCNC(=NCC1CCCO1)NCCN(CC)C1CC1. The molecule has 0 aromatic rings. The van der Waals surface area contributed by atoms with Crippen molar-refractivity contribution in [2.45, 2.75) is 51.7 Å². The number of nitrogens with one attached hydrogen (secondary N) is 2. The number of hydrogen-bond acceptors (Lipinski definition) is 3. The van der Waals surface area contributed by atoms with E-state index in [1.54, 1.807) is 0 Å². The summed E-state index contributed by atoms with van der Waals surface area (Å²) >= 11 is 0. The maximum atomic E-state index is 5.61. The predicted molar refractivity (Wildman–Crippen MR) is 83.2 cm³/mol. The number of aliphatic imine (C=N–C) groups is 1. The van der Waals surface area contributed by atoms with Crippen molar-refractivity contribution in [1.82, 2.24) is 15.5 Å². The Balaban J connectivity index is 1.68. The number of likely N-dealkylation sites (N-methyl/N-ethyl adjacent to an activating group) is 1. The lowest BCUT2D eigenvalue weighted by atomic mass is 10.2. The molecule has 116 valence electrons. The van der Waals surface area contributed by atoms with Crippen molar-refractivity contribution < 1.29 is 4.74 Å². The van der Waals surface area contributed by atoms with Crippen LogP contribution in [0.5, 0.6) is 0 Å². The molecule has 1 saturated carbocycles. The van der Waals surface area contributed by atoms with E-state index in [0.29, 0.717) is 6.10 Å². The van der Waals surface area contributed by atoms with Gasteiger partial charge in [0.05, 0.1) is 12.6 Å². The molecule has 1 heterocycles. The second-order valence-electron chi connectivity index (χ2n) is 5.64. The summed E-state index contributed by atoms with van der Waals surface area (Å²) < 4.78 is 5.61. The molecule has 0 spiro atoms. The molecule has 0 amide bonds. The molecule has 2 aliphatic rings. The Hall–Kier alpha value is -0.810. The Morgan fingerprint density at radius 1 is 1.25 bits per heavy atom. The van der Waals surface area contributed by atoms with Crippen molar-refractivity contribution in [1.29, 1.82) is 0 Å². The van der Waals surface area contributed by atoms with Crippen LogP contribution in [0.25, 0.3) is 0 Å². The highest BCUT2D eigenvalue weighted by atomic mass is 16.5. The van der Waals surface area contributed by atoms with Gasteiger partial charge in [-0.3, -0.25) is 9.89 Å². The molecule has 1 saturated heterocycles. The molecule has 0 bridgehead atoms. The third kappa shape index (κ3) is 5.29. The van der Waals surface area contributed by atoms with Gasteiger partial charge in [0, 0.05) is 32.3 Å². The van der Waals surface area contributed by atoms with Crippen LogP contribution in [0.1, 0.15) is 39.5 Å². The van der Waals surface area contributed by atoms with Crippen LogP contribution in [0.4, 0.5) is 0 Å². The van der Waals surface area contributed by atoms with Crippen LogP contribution in [0, 0.1) is 0 Å². The highest BCUT2D eigenvalue weighted by Crippen LogP contribution is 2.25. The summed E-state index contributed by atoms with van der Waals surface area (Å²) in [5.74, 6) is 0.926. The van der Waals surface area contributed by atoms with Gasteiger partial charge in [0.15, 0.2) is 5.96 Å². The van der Waals surface area contributed by atoms with E-state index in [2.05, 4.69) is 34.4 Å². The van der Waals surface area contributed by atoms with Crippen LogP contribution in [0.15, 0.2) is 4.99 Å². The van der Waals surface area contributed by atoms with Crippen LogP contribution in [0.3, 0.4) is 0 Å². The molecule has 1 atom stereocenters. The van der Waals surface area contributed by atoms with Gasteiger partial charge in [-0.2, -0.15) is 0 Å². The molecule has 0 radical (unpaired) electrons. The summed E-state index contributed by atoms with van der Waals surface area (Å²) in [5, 5.41) is 6.74. The first kappa shape index (κ1) is 15.6. The maximum absolute atomic E-state index is 5.61. The van der Waals surface area contributed by atoms with Gasteiger partial charge in [-0.05, 0) is 39.2 Å². The van der Waals surface area contributed by atoms with E-state index in [9.17, 15) is 0 Å². The summed E-state index contributed by atoms with van der Waals surface area (Å²) in [7, 11) is 0. The molecule has 20 heavy (non-hydrogen) atoms. The second-order valence-corrected chi connectivity index (χ2v) is 5.64. The van der Waals surface area contributed by atoms with E-state index in [4.69, 9.17) is 4.74 Å². The van der Waals surface area contributed by atoms with Gasteiger partial charge in [-0.15, -0.1) is 0 Å². The fraction of sp³-hybridized carbons (Fsp3) is 0.933. The van der Waals surface area contributed by atoms with Gasteiger partial charge >= 0.3 is 0 Å². The van der Waals surface area contributed by atoms with Gasteiger partial charge in [0.25, 0.3) is 0 Å². The minimum Gasteiger partial charge on any atom is -0.376 e. The molecule has 1 aliphatic carbocycles. The number of guanidine groups is 1. The number of hydrogen-bond donors (Lipinski definition) is 2. The van der Waals surface area contributed by atoms with E-state index in [-0.39, 0.29) is 0 Å². The Kier molecular flexibility index (Phi) is 6.60. The van der Waals surface area contributed by atoms with Crippen LogP contribution in [0.2, 0.25) is 0 Å². The van der Waals surface area contributed by atoms with E-state index >= 15 is 0 Å². The highest BCUT2D eigenvalue weighted by Gasteiger charge is 2.27. The maximum Gasteiger partial charge on any atom is 0.191 e. The van der Waals surface area contributed by atoms with Crippen molar-refractivity contribution in [3.05, 3.63) is 0 Å². The summed E-state index contributed by atoms with van der Waals surface area (Å²) in [5.41, 5.74) is 0. The van der Waals surface area contributed by atoms with Crippen molar-refractivity contribution in [3.8, 4) is 0 Å². The summed E-state index contributed by atoms with van der Waals surface area (Å²) in [4.78, 5) is 7.18. The Labute approximate surface area is 123 Å². The first-order valence-corrected chi connectivity index (χ1v) is 8.21. The van der Waals surface area contributed by atoms with Crippen LogP contribution in [-0.2, 0) is 4.74 Å². The normalized spacial score (nSPS) is 23.4. The molecule has 1 unspecified atom stereocenters. The van der Waals surface area contributed by atoms with Crippen molar-refractivity contribution >= 4 is 5.96 Å². The predicted octanol–water partition coefficient (Wildman–Crippen LogP) is 1.20. The van der Waals surface area contributed by atoms with Gasteiger partial charge in [0.2, 0.25) is 0 Å². The Morgan fingerprint density at radius 2 is 2.10 bits per heavy atom. The largest absolute Gasteiger partial charge is 0.376 e. The number of nitrogens with zero attached hydrogens (tertiary/aromatic N) is 2.